The molecule has 96 valence electrons. The van der Waals surface area contributed by atoms with Gasteiger partial charge in [0.15, 0.2) is 0 Å². The number of likely N-dealkylation sites (N-methyl/N-ethyl adjacent to an activating group) is 1. The monoisotopic (exact) mass is 317 g/mol. The highest BCUT2D eigenvalue weighted by Crippen LogP contribution is 2.36. The summed E-state index contributed by atoms with van der Waals surface area (Å²) in [5.41, 5.74) is 0. The molecule has 2 rings (SSSR count). The normalized spacial score (nSPS) is 26.4. The summed E-state index contributed by atoms with van der Waals surface area (Å²) in [7, 11) is 0. The molecule has 1 aliphatic rings. The van der Waals surface area contributed by atoms with Gasteiger partial charge >= 0.3 is 0 Å². The van der Waals surface area contributed by atoms with Crippen LogP contribution in [0.5, 0.6) is 0 Å². The minimum atomic E-state index is 0.329. The maximum absolute atomic E-state index is 6.01. The molecule has 0 bridgehead atoms. The highest BCUT2D eigenvalue weighted by Gasteiger charge is 2.31. The summed E-state index contributed by atoms with van der Waals surface area (Å²) in [5.74, 6) is 0. The molecule has 1 N–H and O–H groups in total. The van der Waals surface area contributed by atoms with E-state index in [2.05, 4.69) is 48.1 Å². The van der Waals surface area contributed by atoms with E-state index in [1.807, 2.05) is 11.3 Å². The van der Waals surface area contributed by atoms with E-state index in [4.69, 9.17) is 4.74 Å². The van der Waals surface area contributed by atoms with Crippen molar-refractivity contribution in [1.29, 1.82) is 0 Å². The van der Waals surface area contributed by atoms with Gasteiger partial charge in [-0.05, 0) is 55.2 Å². The number of halogens is 1. The van der Waals surface area contributed by atoms with E-state index in [1.165, 1.54) is 20.6 Å². The van der Waals surface area contributed by atoms with E-state index < -0.39 is 0 Å². The number of nitrogens with one attached hydrogen (secondary N) is 1. The van der Waals surface area contributed by atoms with Crippen LogP contribution in [0.15, 0.2) is 10.5 Å². The zero-order valence-corrected chi connectivity index (χ0v) is 13.0. The molecule has 2 heterocycles. The lowest BCUT2D eigenvalue weighted by Gasteiger charge is -2.23. The van der Waals surface area contributed by atoms with Gasteiger partial charge in [-0.25, -0.2) is 0 Å². The van der Waals surface area contributed by atoms with Gasteiger partial charge in [-0.1, -0.05) is 6.92 Å². The number of ether oxygens (including phenoxy) is 1. The van der Waals surface area contributed by atoms with Gasteiger partial charge in [-0.2, -0.15) is 0 Å². The van der Waals surface area contributed by atoms with Gasteiger partial charge in [0.05, 0.1) is 18.2 Å². The Balaban J connectivity index is 2.16. The van der Waals surface area contributed by atoms with Crippen molar-refractivity contribution >= 4 is 27.3 Å². The summed E-state index contributed by atoms with van der Waals surface area (Å²) >= 11 is 5.46. The first-order chi connectivity index (χ1) is 8.11. The fourth-order valence-electron chi connectivity index (χ4n) is 2.35. The largest absolute Gasteiger partial charge is 0.373 e. The van der Waals surface area contributed by atoms with E-state index in [9.17, 15) is 0 Å². The second-order valence-electron chi connectivity index (χ2n) is 4.65. The number of aryl methyl sites for hydroxylation is 1. The van der Waals surface area contributed by atoms with Crippen LogP contribution in [0.2, 0.25) is 0 Å². The molecule has 0 aromatic carbocycles. The third-order valence-corrected chi connectivity index (χ3v) is 5.46. The van der Waals surface area contributed by atoms with Crippen LogP contribution >= 0.6 is 27.3 Å². The molecular weight excluding hydrogens is 298 g/mol. The Bertz CT molecular complexity index is 360. The average Bonchev–Trinajstić information content (AvgIpc) is 2.83. The van der Waals surface area contributed by atoms with Gasteiger partial charge in [0.25, 0.3) is 0 Å². The summed E-state index contributed by atoms with van der Waals surface area (Å²) < 4.78 is 7.22. The van der Waals surface area contributed by atoms with Crippen molar-refractivity contribution < 1.29 is 4.74 Å². The summed E-state index contributed by atoms with van der Waals surface area (Å²) in [4.78, 5) is 2.73. The molecule has 0 amide bonds. The number of rotatable bonds is 4. The summed E-state index contributed by atoms with van der Waals surface area (Å²) in [6.07, 6.45) is 3.08. The third kappa shape index (κ3) is 3.11. The van der Waals surface area contributed by atoms with E-state index in [1.54, 1.807) is 0 Å². The van der Waals surface area contributed by atoms with E-state index in [-0.39, 0.29) is 0 Å². The van der Waals surface area contributed by atoms with Crippen LogP contribution < -0.4 is 5.32 Å². The number of hydrogen-bond acceptors (Lipinski definition) is 3. The van der Waals surface area contributed by atoms with Gasteiger partial charge in [-0.15, -0.1) is 11.3 Å². The molecule has 4 heteroatoms. The van der Waals surface area contributed by atoms with Gasteiger partial charge in [0, 0.05) is 14.2 Å². The van der Waals surface area contributed by atoms with Crippen LogP contribution in [0.3, 0.4) is 0 Å². The fraction of sp³-hybridized carbons (Fsp3) is 0.692. The van der Waals surface area contributed by atoms with Crippen LogP contribution in [0.1, 0.15) is 42.5 Å². The van der Waals surface area contributed by atoms with Crippen molar-refractivity contribution in [1.82, 2.24) is 5.32 Å². The first kappa shape index (κ1) is 13.5. The molecule has 0 saturated carbocycles. The highest BCUT2D eigenvalue weighted by atomic mass is 79.9. The molecule has 2 nitrogen and oxygen atoms in total. The van der Waals surface area contributed by atoms with Crippen LogP contribution in [-0.4, -0.2) is 18.8 Å². The lowest BCUT2D eigenvalue weighted by atomic mass is 10.1. The zero-order valence-electron chi connectivity index (χ0n) is 10.6. The van der Waals surface area contributed by atoms with Crippen LogP contribution in [0.25, 0.3) is 0 Å². The van der Waals surface area contributed by atoms with E-state index in [0.717, 1.165) is 13.0 Å². The zero-order chi connectivity index (χ0) is 12.4. The van der Waals surface area contributed by atoms with Crippen LogP contribution in [-0.2, 0) is 4.74 Å². The molecule has 1 aromatic heterocycles. The summed E-state index contributed by atoms with van der Waals surface area (Å²) in [6.45, 7) is 7.45. The summed E-state index contributed by atoms with van der Waals surface area (Å²) in [6, 6.07) is 2.58. The lowest BCUT2D eigenvalue weighted by molar-refractivity contribution is 0.0327. The third-order valence-electron chi connectivity index (χ3n) is 3.24. The van der Waals surface area contributed by atoms with Gasteiger partial charge < -0.3 is 10.1 Å². The van der Waals surface area contributed by atoms with Crippen molar-refractivity contribution in [3.63, 3.8) is 0 Å². The predicted molar refractivity (Wildman–Crippen MR) is 76.7 cm³/mol. The highest BCUT2D eigenvalue weighted by molar-refractivity contribution is 9.10. The minimum absolute atomic E-state index is 0.329. The summed E-state index contributed by atoms with van der Waals surface area (Å²) in [5, 5.41) is 3.57. The van der Waals surface area contributed by atoms with E-state index in [0.29, 0.717) is 18.2 Å². The lowest BCUT2D eigenvalue weighted by Crippen LogP contribution is -2.31. The second-order valence-corrected chi connectivity index (χ2v) is 6.79. The molecule has 1 fully saturated rings. The smallest absolute Gasteiger partial charge is 0.0782 e. The Morgan fingerprint density at radius 1 is 1.59 bits per heavy atom. The molecule has 17 heavy (non-hydrogen) atoms. The Morgan fingerprint density at radius 3 is 2.82 bits per heavy atom. The van der Waals surface area contributed by atoms with Gasteiger partial charge in [-0.3, -0.25) is 0 Å². The molecule has 0 radical (unpaired) electrons. The standard InChI is InChI=1S/C13H20BrNOS/c1-4-15-13(11-6-5-8(2)16-11)12-7-10(14)9(3)17-12/h7-8,11,13,15H,4-6H2,1-3H3. The topological polar surface area (TPSA) is 21.3 Å². The van der Waals surface area contributed by atoms with E-state index >= 15 is 0 Å². The van der Waals surface area contributed by atoms with Crippen LogP contribution in [0.4, 0.5) is 0 Å². The molecule has 0 aliphatic carbocycles. The first-order valence-corrected chi connectivity index (χ1v) is 7.87. The molecule has 1 saturated heterocycles. The maximum Gasteiger partial charge on any atom is 0.0782 e. The van der Waals surface area contributed by atoms with Gasteiger partial charge in [0.1, 0.15) is 0 Å². The molecule has 1 aliphatic heterocycles. The van der Waals surface area contributed by atoms with Crippen molar-refractivity contribution in [3.05, 3.63) is 20.3 Å². The predicted octanol–water partition coefficient (Wildman–Crippen LogP) is 4.04. The van der Waals surface area contributed by atoms with Crippen molar-refractivity contribution in [2.45, 2.75) is 51.9 Å². The van der Waals surface area contributed by atoms with Crippen molar-refractivity contribution in [3.8, 4) is 0 Å². The molecule has 3 unspecified atom stereocenters. The maximum atomic E-state index is 6.01. The first-order valence-electron chi connectivity index (χ1n) is 6.26. The molecule has 3 atom stereocenters. The Morgan fingerprint density at radius 2 is 2.35 bits per heavy atom. The SMILES string of the molecule is CCNC(c1cc(Br)c(C)s1)C1CCC(C)O1. The molecule has 1 aromatic rings. The second kappa shape index (κ2) is 5.83. The Kier molecular flexibility index (Phi) is 4.64. The van der Waals surface area contributed by atoms with Crippen LogP contribution in [0, 0.1) is 6.92 Å². The average molecular weight is 318 g/mol. The van der Waals surface area contributed by atoms with Gasteiger partial charge in [0.2, 0.25) is 0 Å². The van der Waals surface area contributed by atoms with Crippen molar-refractivity contribution in [2.24, 2.45) is 0 Å². The Labute approximate surface area is 116 Å². The van der Waals surface area contributed by atoms with Crippen molar-refractivity contribution in [2.75, 3.05) is 6.54 Å². The Hall–Kier alpha value is 0.1000. The fourth-order valence-corrected chi connectivity index (χ4v) is 4.04. The molecular formula is C13H20BrNOS. The minimum Gasteiger partial charge on any atom is -0.373 e. The molecule has 0 spiro atoms. The number of thiophene rings is 1. The number of hydrogen-bond donors (Lipinski definition) is 1. The quantitative estimate of drug-likeness (QED) is 0.905.